The normalized spacial score (nSPS) is 17.3. The molecular weight excluding hydrogens is 378 g/mol. The van der Waals surface area contributed by atoms with Gasteiger partial charge in [0.2, 0.25) is 11.8 Å². The van der Waals surface area contributed by atoms with E-state index < -0.39 is 0 Å². The summed E-state index contributed by atoms with van der Waals surface area (Å²) in [6.07, 6.45) is 1.21. The van der Waals surface area contributed by atoms with Gasteiger partial charge in [0.15, 0.2) is 0 Å². The number of methoxy groups -OCH3 is 1. The number of rotatable bonds is 8. The molecular formula is C24H31N3O3. The number of carbonyl (C=O) groups excluding carboxylic acids is 2. The molecule has 2 unspecified atom stereocenters. The molecule has 2 aromatic carbocycles. The van der Waals surface area contributed by atoms with Gasteiger partial charge in [-0.1, -0.05) is 31.2 Å². The van der Waals surface area contributed by atoms with Crippen molar-refractivity contribution in [2.45, 2.75) is 25.8 Å². The molecule has 3 rings (SSSR count). The number of hydrogen-bond donors (Lipinski definition) is 1. The zero-order valence-corrected chi connectivity index (χ0v) is 18.2. The molecule has 0 spiro atoms. The van der Waals surface area contributed by atoms with Gasteiger partial charge in [0.1, 0.15) is 5.75 Å². The lowest BCUT2D eigenvalue weighted by atomic mass is 10.0. The highest BCUT2D eigenvalue weighted by Gasteiger charge is 2.35. The average molecular weight is 410 g/mol. The number of anilines is 1. The van der Waals surface area contributed by atoms with E-state index in [1.165, 1.54) is 5.56 Å². The zero-order chi connectivity index (χ0) is 21.7. The Balaban J connectivity index is 1.61. The molecule has 1 fully saturated rings. The number of likely N-dealkylation sites (N-methyl/N-ethyl adjacent to an activating group) is 1. The Kier molecular flexibility index (Phi) is 7.11. The molecule has 6 heteroatoms. The summed E-state index contributed by atoms with van der Waals surface area (Å²) in [4.78, 5) is 29.1. The van der Waals surface area contributed by atoms with Crippen molar-refractivity contribution in [2.24, 2.45) is 5.92 Å². The molecule has 0 saturated carbocycles. The molecule has 30 heavy (non-hydrogen) atoms. The highest BCUT2D eigenvalue weighted by atomic mass is 16.5. The first-order chi connectivity index (χ1) is 14.4. The van der Waals surface area contributed by atoms with Crippen molar-refractivity contribution < 1.29 is 14.3 Å². The van der Waals surface area contributed by atoms with Crippen molar-refractivity contribution in [2.75, 3.05) is 39.2 Å². The van der Waals surface area contributed by atoms with Crippen LogP contribution in [0.25, 0.3) is 0 Å². The Morgan fingerprint density at radius 2 is 1.83 bits per heavy atom. The third-order valence-electron chi connectivity index (χ3n) is 5.75. The number of nitrogens with zero attached hydrogens (tertiary/aromatic N) is 2. The standard InChI is InChI=1S/C24H31N3O3/c1-5-17-6-10-20(11-7-17)27-16-19(14-23(27)28)24(29)25-15-22(26(2)3)18-8-12-21(30-4)13-9-18/h6-13,19,22H,5,14-16H2,1-4H3,(H,25,29). The first-order valence-electron chi connectivity index (χ1n) is 10.4. The lowest BCUT2D eigenvalue weighted by Crippen LogP contribution is -2.38. The fraction of sp³-hybridized carbons (Fsp3) is 0.417. The van der Waals surface area contributed by atoms with Crippen LogP contribution >= 0.6 is 0 Å². The molecule has 2 atom stereocenters. The maximum atomic E-state index is 12.8. The van der Waals surface area contributed by atoms with Crippen LogP contribution in [0.3, 0.4) is 0 Å². The van der Waals surface area contributed by atoms with Gasteiger partial charge in [-0.3, -0.25) is 9.59 Å². The van der Waals surface area contributed by atoms with Crippen LogP contribution in [0.4, 0.5) is 5.69 Å². The summed E-state index contributed by atoms with van der Waals surface area (Å²) in [6.45, 7) is 3.00. The van der Waals surface area contributed by atoms with E-state index in [1.807, 2.05) is 62.6 Å². The maximum absolute atomic E-state index is 12.8. The molecule has 2 aromatic rings. The van der Waals surface area contributed by atoms with E-state index >= 15 is 0 Å². The predicted molar refractivity (Wildman–Crippen MR) is 119 cm³/mol. The van der Waals surface area contributed by atoms with Crippen molar-refractivity contribution in [3.05, 3.63) is 59.7 Å². The second-order valence-electron chi connectivity index (χ2n) is 7.92. The number of aryl methyl sites for hydroxylation is 1. The highest BCUT2D eigenvalue weighted by Crippen LogP contribution is 2.26. The SMILES string of the molecule is CCc1ccc(N2CC(C(=O)NCC(c3ccc(OC)cc3)N(C)C)CC2=O)cc1. The first kappa shape index (κ1) is 21.8. The van der Waals surface area contributed by atoms with E-state index in [4.69, 9.17) is 4.74 Å². The number of amides is 2. The number of nitrogens with one attached hydrogen (secondary N) is 1. The Bertz CT molecular complexity index is 862. The zero-order valence-electron chi connectivity index (χ0n) is 18.2. The van der Waals surface area contributed by atoms with Gasteiger partial charge in [0.25, 0.3) is 0 Å². The molecule has 160 valence electrons. The Hall–Kier alpha value is -2.86. The summed E-state index contributed by atoms with van der Waals surface area (Å²) >= 11 is 0. The number of benzene rings is 2. The molecule has 0 radical (unpaired) electrons. The van der Waals surface area contributed by atoms with E-state index in [2.05, 4.69) is 17.1 Å². The van der Waals surface area contributed by atoms with Crippen molar-refractivity contribution >= 4 is 17.5 Å². The average Bonchev–Trinajstić information content (AvgIpc) is 3.15. The molecule has 6 nitrogen and oxygen atoms in total. The first-order valence-corrected chi connectivity index (χ1v) is 10.4. The molecule has 1 saturated heterocycles. The fourth-order valence-corrected chi connectivity index (χ4v) is 3.81. The van der Waals surface area contributed by atoms with E-state index in [-0.39, 0.29) is 30.2 Å². The largest absolute Gasteiger partial charge is 0.497 e. The summed E-state index contributed by atoms with van der Waals surface area (Å²) < 4.78 is 5.22. The fourth-order valence-electron chi connectivity index (χ4n) is 3.81. The Morgan fingerprint density at radius 3 is 2.40 bits per heavy atom. The third kappa shape index (κ3) is 5.00. The summed E-state index contributed by atoms with van der Waals surface area (Å²) in [5, 5.41) is 3.05. The van der Waals surface area contributed by atoms with Crippen LogP contribution in [0.2, 0.25) is 0 Å². The van der Waals surface area contributed by atoms with Crippen LogP contribution in [-0.2, 0) is 16.0 Å². The monoisotopic (exact) mass is 409 g/mol. The van der Waals surface area contributed by atoms with Gasteiger partial charge in [0.05, 0.1) is 19.1 Å². The van der Waals surface area contributed by atoms with Crippen LogP contribution in [0.15, 0.2) is 48.5 Å². The van der Waals surface area contributed by atoms with Crippen molar-refractivity contribution in [1.29, 1.82) is 0 Å². The summed E-state index contributed by atoms with van der Waals surface area (Å²) in [5.74, 6) is 0.397. The lowest BCUT2D eigenvalue weighted by Gasteiger charge is -2.26. The van der Waals surface area contributed by atoms with Gasteiger partial charge in [0, 0.05) is 25.2 Å². The molecule has 1 heterocycles. The van der Waals surface area contributed by atoms with Crippen molar-refractivity contribution in [1.82, 2.24) is 10.2 Å². The van der Waals surface area contributed by atoms with Crippen molar-refractivity contribution in [3.63, 3.8) is 0 Å². The second kappa shape index (κ2) is 9.76. The van der Waals surface area contributed by atoms with Gasteiger partial charge in [-0.15, -0.1) is 0 Å². The van der Waals surface area contributed by atoms with Gasteiger partial charge < -0.3 is 19.9 Å². The van der Waals surface area contributed by atoms with E-state index in [0.717, 1.165) is 23.4 Å². The number of ether oxygens (including phenoxy) is 1. The Morgan fingerprint density at radius 1 is 1.17 bits per heavy atom. The molecule has 0 aromatic heterocycles. The molecule has 1 N–H and O–H groups in total. The number of carbonyl (C=O) groups is 2. The topological polar surface area (TPSA) is 61.9 Å². The molecule has 1 aliphatic heterocycles. The molecule has 0 aliphatic carbocycles. The van der Waals surface area contributed by atoms with Crippen LogP contribution in [0.5, 0.6) is 5.75 Å². The van der Waals surface area contributed by atoms with Gasteiger partial charge in [-0.2, -0.15) is 0 Å². The Labute approximate surface area is 178 Å². The van der Waals surface area contributed by atoms with Gasteiger partial charge in [-0.05, 0) is 55.9 Å². The van der Waals surface area contributed by atoms with Gasteiger partial charge in [-0.25, -0.2) is 0 Å². The van der Waals surface area contributed by atoms with Crippen LogP contribution in [0, 0.1) is 5.92 Å². The van der Waals surface area contributed by atoms with Crippen molar-refractivity contribution in [3.8, 4) is 5.75 Å². The van der Waals surface area contributed by atoms with E-state index in [9.17, 15) is 9.59 Å². The second-order valence-corrected chi connectivity index (χ2v) is 7.92. The smallest absolute Gasteiger partial charge is 0.227 e. The molecule has 0 bridgehead atoms. The number of hydrogen-bond acceptors (Lipinski definition) is 4. The maximum Gasteiger partial charge on any atom is 0.227 e. The predicted octanol–water partition coefficient (Wildman–Crippen LogP) is 3.03. The quantitative estimate of drug-likeness (QED) is 0.728. The third-order valence-corrected chi connectivity index (χ3v) is 5.75. The summed E-state index contributed by atoms with van der Waals surface area (Å²) in [6, 6.07) is 15.9. The summed E-state index contributed by atoms with van der Waals surface area (Å²) in [7, 11) is 5.62. The highest BCUT2D eigenvalue weighted by molar-refractivity contribution is 6.00. The lowest BCUT2D eigenvalue weighted by molar-refractivity contribution is -0.126. The summed E-state index contributed by atoms with van der Waals surface area (Å²) in [5.41, 5.74) is 3.19. The molecule has 2 amide bonds. The minimum Gasteiger partial charge on any atom is -0.497 e. The van der Waals surface area contributed by atoms with E-state index in [0.29, 0.717) is 13.1 Å². The van der Waals surface area contributed by atoms with Crippen LogP contribution in [-0.4, -0.2) is 51.0 Å². The van der Waals surface area contributed by atoms with E-state index in [1.54, 1.807) is 12.0 Å². The minimum absolute atomic E-state index is 0.00119. The van der Waals surface area contributed by atoms with Crippen LogP contribution < -0.4 is 15.0 Å². The minimum atomic E-state index is -0.331. The van der Waals surface area contributed by atoms with Gasteiger partial charge >= 0.3 is 0 Å². The van der Waals surface area contributed by atoms with Crippen LogP contribution in [0.1, 0.15) is 30.5 Å². The molecule has 1 aliphatic rings.